The molecule has 0 spiro atoms. The van der Waals surface area contributed by atoms with Gasteiger partial charge in [-0.3, -0.25) is 14.6 Å². The van der Waals surface area contributed by atoms with E-state index in [1.54, 1.807) is 6.07 Å². The van der Waals surface area contributed by atoms with Crippen molar-refractivity contribution in [3.05, 3.63) is 53.6 Å². The summed E-state index contributed by atoms with van der Waals surface area (Å²) in [5.41, 5.74) is 0.199. The molecule has 0 saturated carbocycles. The number of nitrogens with zero attached hydrogens (tertiary/aromatic N) is 2. The van der Waals surface area contributed by atoms with Crippen molar-refractivity contribution in [2.24, 2.45) is 5.92 Å². The Morgan fingerprint density at radius 1 is 1.29 bits per heavy atom. The minimum Gasteiger partial charge on any atom is -0.452 e. The number of carbonyl (C=O) groups is 2. The molecule has 0 bridgehead atoms. The number of esters is 1. The van der Waals surface area contributed by atoms with E-state index in [2.05, 4.69) is 10.3 Å². The van der Waals surface area contributed by atoms with Crippen molar-refractivity contribution in [2.45, 2.75) is 30.8 Å². The van der Waals surface area contributed by atoms with Crippen molar-refractivity contribution in [3.63, 3.8) is 0 Å². The van der Waals surface area contributed by atoms with Crippen molar-refractivity contribution >= 4 is 39.2 Å². The third-order valence-corrected chi connectivity index (χ3v) is 7.11. The van der Waals surface area contributed by atoms with Gasteiger partial charge in [-0.05, 0) is 50.1 Å². The lowest BCUT2D eigenvalue weighted by Crippen LogP contribution is -2.41. The summed E-state index contributed by atoms with van der Waals surface area (Å²) in [7, 11) is -3.67. The number of piperidine rings is 1. The monoisotopic (exact) mass is 469 g/mol. The van der Waals surface area contributed by atoms with Crippen LogP contribution in [0.25, 0.3) is 0 Å². The van der Waals surface area contributed by atoms with Gasteiger partial charge in [0.05, 0.1) is 16.6 Å². The molecule has 1 fully saturated rings. The van der Waals surface area contributed by atoms with Crippen LogP contribution in [0.5, 0.6) is 0 Å². The number of aromatic nitrogens is 1. The highest BCUT2D eigenvalue weighted by molar-refractivity contribution is 7.89. The standard InChI is InChI=1S/C20H21ClFN3O5S/c1-13(19(26)24-18-5-4-15(22)11-17(18)21)30-20(27)14-6-9-25(10-7-14)31(28,29)16-3-2-8-23-12-16/h2-5,8,11-14H,6-7,9-10H2,1H3,(H,24,26). The average molecular weight is 470 g/mol. The van der Waals surface area contributed by atoms with Crippen LogP contribution >= 0.6 is 11.6 Å². The number of carbonyl (C=O) groups excluding carboxylic acids is 2. The predicted molar refractivity (Wildman–Crippen MR) is 111 cm³/mol. The van der Waals surface area contributed by atoms with Crippen molar-refractivity contribution < 1.29 is 27.1 Å². The lowest BCUT2D eigenvalue weighted by Gasteiger charge is -2.30. The Kier molecular flexibility index (Phi) is 7.24. The average Bonchev–Trinajstić information content (AvgIpc) is 2.76. The molecule has 3 rings (SSSR count). The van der Waals surface area contributed by atoms with E-state index in [0.29, 0.717) is 0 Å². The van der Waals surface area contributed by atoms with Gasteiger partial charge in [-0.1, -0.05) is 11.6 Å². The molecule has 2 aromatic rings. The van der Waals surface area contributed by atoms with Crippen molar-refractivity contribution in [2.75, 3.05) is 18.4 Å². The minimum atomic E-state index is -3.67. The van der Waals surface area contributed by atoms with E-state index in [1.807, 2.05) is 0 Å². The number of halogens is 2. The summed E-state index contributed by atoms with van der Waals surface area (Å²) in [6.07, 6.45) is 2.21. The molecule has 1 N–H and O–H groups in total. The van der Waals surface area contributed by atoms with Crippen LogP contribution in [0.3, 0.4) is 0 Å². The van der Waals surface area contributed by atoms with Gasteiger partial charge in [-0.25, -0.2) is 12.8 Å². The normalized spacial score (nSPS) is 16.5. The molecule has 31 heavy (non-hydrogen) atoms. The second-order valence-corrected chi connectivity index (χ2v) is 9.40. The van der Waals surface area contributed by atoms with Crippen LogP contribution in [0, 0.1) is 11.7 Å². The topological polar surface area (TPSA) is 106 Å². The molecule has 1 saturated heterocycles. The van der Waals surface area contributed by atoms with Gasteiger partial charge in [0.15, 0.2) is 6.10 Å². The first kappa shape index (κ1) is 23.1. The first-order valence-electron chi connectivity index (χ1n) is 9.55. The van der Waals surface area contributed by atoms with Gasteiger partial charge in [-0.2, -0.15) is 4.31 Å². The molecule has 1 aliphatic rings. The summed E-state index contributed by atoms with van der Waals surface area (Å²) in [6, 6.07) is 6.52. The van der Waals surface area contributed by atoms with Crippen molar-refractivity contribution in [1.82, 2.24) is 9.29 Å². The van der Waals surface area contributed by atoms with Crippen LogP contribution in [-0.4, -0.2) is 48.8 Å². The zero-order valence-corrected chi connectivity index (χ0v) is 18.2. The minimum absolute atomic E-state index is 0.0223. The van der Waals surface area contributed by atoms with Gasteiger partial charge < -0.3 is 10.1 Å². The van der Waals surface area contributed by atoms with Crippen LogP contribution in [0.15, 0.2) is 47.6 Å². The SMILES string of the molecule is CC(OC(=O)C1CCN(S(=O)(=O)c2cccnc2)CC1)C(=O)Nc1ccc(F)cc1Cl. The fourth-order valence-electron chi connectivity index (χ4n) is 3.13. The summed E-state index contributed by atoms with van der Waals surface area (Å²) in [5, 5.41) is 2.50. The maximum absolute atomic E-state index is 13.1. The van der Waals surface area contributed by atoms with Gasteiger partial charge in [0.25, 0.3) is 5.91 Å². The quantitative estimate of drug-likeness (QED) is 0.652. The first-order valence-corrected chi connectivity index (χ1v) is 11.4. The van der Waals surface area contributed by atoms with Crippen LogP contribution < -0.4 is 5.32 Å². The zero-order chi connectivity index (χ0) is 22.6. The number of rotatable bonds is 6. The van der Waals surface area contributed by atoms with Gasteiger partial charge >= 0.3 is 5.97 Å². The maximum Gasteiger partial charge on any atom is 0.309 e. The third kappa shape index (κ3) is 5.57. The van der Waals surface area contributed by atoms with E-state index in [0.717, 1.165) is 12.1 Å². The largest absolute Gasteiger partial charge is 0.452 e. The molecule has 1 aliphatic heterocycles. The Labute approximate surface area is 184 Å². The molecule has 1 amide bonds. The van der Waals surface area contributed by atoms with Crippen LogP contribution in [0.4, 0.5) is 10.1 Å². The van der Waals surface area contributed by atoms with E-state index in [-0.39, 0.29) is 41.5 Å². The maximum atomic E-state index is 13.1. The Hall–Kier alpha value is -2.56. The molecule has 166 valence electrons. The van der Waals surface area contributed by atoms with E-state index >= 15 is 0 Å². The van der Waals surface area contributed by atoms with Crippen LogP contribution in [0.1, 0.15) is 19.8 Å². The van der Waals surface area contributed by atoms with Gasteiger partial charge in [0, 0.05) is 25.5 Å². The molecule has 0 aliphatic carbocycles. The van der Waals surface area contributed by atoms with E-state index in [1.165, 1.54) is 35.8 Å². The highest BCUT2D eigenvalue weighted by Crippen LogP contribution is 2.25. The van der Waals surface area contributed by atoms with E-state index < -0.39 is 39.7 Å². The second-order valence-electron chi connectivity index (χ2n) is 7.06. The highest BCUT2D eigenvalue weighted by Gasteiger charge is 2.34. The number of hydrogen-bond donors (Lipinski definition) is 1. The lowest BCUT2D eigenvalue weighted by atomic mass is 9.98. The summed E-state index contributed by atoms with van der Waals surface area (Å²) >= 11 is 5.88. The molecule has 1 atom stereocenters. The molecule has 1 unspecified atom stereocenters. The predicted octanol–water partition coefficient (Wildman–Crippen LogP) is 2.85. The van der Waals surface area contributed by atoms with E-state index in [4.69, 9.17) is 16.3 Å². The highest BCUT2D eigenvalue weighted by atomic mass is 35.5. The Bertz CT molecular complexity index is 1060. The first-order chi connectivity index (χ1) is 14.7. The number of benzene rings is 1. The number of anilines is 1. The van der Waals surface area contributed by atoms with Gasteiger partial charge in [0.2, 0.25) is 10.0 Å². The zero-order valence-electron chi connectivity index (χ0n) is 16.6. The van der Waals surface area contributed by atoms with Crippen molar-refractivity contribution in [3.8, 4) is 0 Å². The molecule has 0 radical (unpaired) electrons. The molecule has 1 aromatic heterocycles. The molecule has 8 nitrogen and oxygen atoms in total. The number of nitrogens with one attached hydrogen (secondary N) is 1. The van der Waals surface area contributed by atoms with Crippen LogP contribution in [0.2, 0.25) is 5.02 Å². The molecule has 11 heteroatoms. The smallest absolute Gasteiger partial charge is 0.309 e. The fraction of sp³-hybridized carbons (Fsp3) is 0.350. The molecular weight excluding hydrogens is 449 g/mol. The third-order valence-electron chi connectivity index (χ3n) is 4.91. The summed E-state index contributed by atoms with van der Waals surface area (Å²) in [4.78, 5) is 28.7. The second kappa shape index (κ2) is 9.71. The van der Waals surface area contributed by atoms with Crippen LogP contribution in [-0.2, 0) is 24.3 Å². The summed E-state index contributed by atoms with van der Waals surface area (Å²) in [6.45, 7) is 1.72. The summed E-state index contributed by atoms with van der Waals surface area (Å²) in [5.74, 6) is -2.26. The number of hydrogen-bond acceptors (Lipinski definition) is 6. The lowest BCUT2D eigenvalue weighted by molar-refractivity contribution is -0.158. The Morgan fingerprint density at radius 3 is 2.61 bits per heavy atom. The molecular formula is C20H21ClFN3O5S. The molecule has 2 heterocycles. The number of pyridine rings is 1. The van der Waals surface area contributed by atoms with Gasteiger partial charge in [0.1, 0.15) is 10.7 Å². The van der Waals surface area contributed by atoms with E-state index in [9.17, 15) is 22.4 Å². The molecule has 1 aromatic carbocycles. The number of ether oxygens (including phenoxy) is 1. The number of amides is 1. The fourth-order valence-corrected chi connectivity index (χ4v) is 4.78. The summed E-state index contributed by atoms with van der Waals surface area (Å²) < 4.78 is 44.9. The van der Waals surface area contributed by atoms with Crippen molar-refractivity contribution in [1.29, 1.82) is 0 Å². The number of sulfonamides is 1. The Balaban J connectivity index is 1.53. The van der Waals surface area contributed by atoms with Gasteiger partial charge in [-0.15, -0.1) is 0 Å². The Morgan fingerprint density at radius 2 is 2.00 bits per heavy atom.